The van der Waals surface area contributed by atoms with Gasteiger partial charge in [-0.05, 0) is 142 Å². The van der Waals surface area contributed by atoms with Crippen molar-refractivity contribution in [2.24, 2.45) is 0 Å². The number of hydrogen-bond acceptors (Lipinski definition) is 2. The number of hydrogen-bond donors (Lipinski definition) is 0. The summed E-state index contributed by atoms with van der Waals surface area (Å²) in [6.45, 7) is 0. The van der Waals surface area contributed by atoms with E-state index in [-0.39, 0.29) is 0 Å². The third-order valence-electron chi connectivity index (χ3n) is 13.4. The Hall–Kier alpha value is -8.72. The Kier molecular flexibility index (Phi) is 8.89. The first-order valence-electron chi connectivity index (χ1n) is 22.7. The Morgan fingerprint density at radius 1 is 0.227 bits per heavy atom. The first-order chi connectivity index (χ1) is 32.7. The van der Waals surface area contributed by atoms with Gasteiger partial charge in [0.2, 0.25) is 0 Å². The van der Waals surface area contributed by atoms with Gasteiger partial charge >= 0.3 is 0 Å². The molecule has 1 heterocycles. The Balaban J connectivity index is 0.964. The number of benzene rings is 12. The highest BCUT2D eigenvalue weighted by Gasteiger charge is 2.20. The Morgan fingerprint density at radius 2 is 0.727 bits per heavy atom. The Bertz CT molecular complexity index is 3980. The van der Waals surface area contributed by atoms with E-state index in [0.717, 1.165) is 50.1 Å². The summed E-state index contributed by atoms with van der Waals surface area (Å²) in [6, 6.07) is 90.3. The van der Waals surface area contributed by atoms with E-state index in [9.17, 15) is 0 Å². The third kappa shape index (κ3) is 6.34. The predicted molar refractivity (Wildman–Crippen MR) is 280 cm³/mol. The number of para-hydroxylation sites is 1. The molecule has 0 aliphatic carbocycles. The average molecular weight is 840 g/mol. The van der Waals surface area contributed by atoms with Crippen molar-refractivity contribution in [3.05, 3.63) is 249 Å². The van der Waals surface area contributed by atoms with E-state index in [1.54, 1.807) is 0 Å². The number of furan rings is 1. The summed E-state index contributed by atoms with van der Waals surface area (Å²) >= 11 is 0. The van der Waals surface area contributed by atoms with Gasteiger partial charge in [0.05, 0.1) is 0 Å². The molecule has 0 spiro atoms. The Morgan fingerprint density at radius 3 is 1.52 bits per heavy atom. The number of fused-ring (bicyclic) bond motifs is 9. The zero-order valence-corrected chi connectivity index (χ0v) is 36.0. The summed E-state index contributed by atoms with van der Waals surface area (Å²) in [7, 11) is 0. The van der Waals surface area contributed by atoms with E-state index in [1.165, 1.54) is 76.5 Å². The molecule has 13 aromatic rings. The molecule has 2 heteroatoms. The highest BCUT2D eigenvalue weighted by Crippen LogP contribution is 2.46. The number of anilines is 3. The van der Waals surface area contributed by atoms with Crippen LogP contribution < -0.4 is 4.90 Å². The van der Waals surface area contributed by atoms with E-state index < -0.39 is 0 Å². The van der Waals surface area contributed by atoms with Gasteiger partial charge in [-0.15, -0.1) is 0 Å². The van der Waals surface area contributed by atoms with Gasteiger partial charge in [0.25, 0.3) is 0 Å². The van der Waals surface area contributed by atoms with Crippen LogP contribution in [0, 0.1) is 0 Å². The van der Waals surface area contributed by atoms with E-state index >= 15 is 0 Å². The van der Waals surface area contributed by atoms with Gasteiger partial charge in [-0.1, -0.05) is 188 Å². The fourth-order valence-corrected chi connectivity index (χ4v) is 10.3. The molecule has 1 aromatic heterocycles. The summed E-state index contributed by atoms with van der Waals surface area (Å²) in [4.78, 5) is 2.35. The minimum absolute atomic E-state index is 0.861. The molecule has 0 unspecified atom stereocenters. The average Bonchev–Trinajstić information content (AvgIpc) is 3.77. The van der Waals surface area contributed by atoms with Gasteiger partial charge in [-0.3, -0.25) is 0 Å². The molecule has 0 bridgehead atoms. The van der Waals surface area contributed by atoms with Crippen molar-refractivity contribution in [3.8, 4) is 44.5 Å². The molecule has 0 atom stereocenters. The first kappa shape index (κ1) is 37.8. The van der Waals surface area contributed by atoms with E-state index in [4.69, 9.17) is 4.42 Å². The fraction of sp³-hybridized carbons (Fsp3) is 0. The van der Waals surface area contributed by atoms with Crippen molar-refractivity contribution in [2.75, 3.05) is 4.90 Å². The SMILES string of the molecule is c1ccc(-c2c(-c3ccccc3)c3cc(-c4cccc(N(c5ccc(-c6ccc7c(ccc8ccccc87)c6)cc5)c5ccc6c(c5)oc5ccccc56)c4)ccc3c3ccccc23)cc1. The van der Waals surface area contributed by atoms with Gasteiger partial charge in [0.15, 0.2) is 0 Å². The van der Waals surface area contributed by atoms with Gasteiger partial charge < -0.3 is 9.32 Å². The lowest BCUT2D eigenvalue weighted by molar-refractivity contribution is 0.669. The van der Waals surface area contributed by atoms with Crippen LogP contribution in [0.15, 0.2) is 253 Å². The minimum atomic E-state index is 0.861. The molecule has 0 saturated carbocycles. The van der Waals surface area contributed by atoms with E-state index in [0.29, 0.717) is 0 Å². The van der Waals surface area contributed by atoms with Crippen LogP contribution in [0.25, 0.3) is 110 Å². The van der Waals surface area contributed by atoms with Crippen LogP contribution in [0.5, 0.6) is 0 Å². The lowest BCUT2D eigenvalue weighted by Gasteiger charge is -2.26. The van der Waals surface area contributed by atoms with Crippen LogP contribution in [-0.4, -0.2) is 0 Å². The predicted octanol–water partition coefficient (Wildman–Crippen LogP) is 18.3. The van der Waals surface area contributed by atoms with Crippen molar-refractivity contribution in [3.63, 3.8) is 0 Å². The second-order valence-electron chi connectivity index (χ2n) is 17.2. The standard InChI is InChI=1S/C64H41NO/c1-3-15-44(16-4-1)63-59-24-10-9-22-55(59)56-36-31-48(40-60(56)64(63)45-17-5-2-6-18-45)46-19-13-20-51(39-46)65(52-34-37-58-57-23-11-12-25-61(57)66-62(58)41-52)50-32-28-42(29-33-50)47-30-35-54-49(38-47)27-26-43-14-7-8-21-53(43)54/h1-41H. The van der Waals surface area contributed by atoms with Crippen LogP contribution >= 0.6 is 0 Å². The van der Waals surface area contributed by atoms with Crippen molar-refractivity contribution in [1.29, 1.82) is 0 Å². The molecule has 66 heavy (non-hydrogen) atoms. The van der Waals surface area contributed by atoms with Crippen molar-refractivity contribution in [2.45, 2.75) is 0 Å². The largest absolute Gasteiger partial charge is 0.456 e. The lowest BCUT2D eigenvalue weighted by Crippen LogP contribution is -2.10. The van der Waals surface area contributed by atoms with Gasteiger partial charge in [0, 0.05) is 33.9 Å². The minimum Gasteiger partial charge on any atom is -0.456 e. The lowest BCUT2D eigenvalue weighted by atomic mass is 9.84. The second kappa shape index (κ2) is 15.5. The molecule has 308 valence electrons. The summed E-state index contributed by atoms with van der Waals surface area (Å²) in [5.74, 6) is 0. The zero-order chi connectivity index (χ0) is 43.6. The third-order valence-corrected chi connectivity index (χ3v) is 13.4. The molecule has 12 aromatic carbocycles. The van der Waals surface area contributed by atoms with Gasteiger partial charge in [-0.25, -0.2) is 0 Å². The molecule has 0 aliphatic heterocycles. The summed E-state index contributed by atoms with van der Waals surface area (Å²) in [6.07, 6.45) is 0. The van der Waals surface area contributed by atoms with Crippen LogP contribution in [0.2, 0.25) is 0 Å². The smallest absolute Gasteiger partial charge is 0.137 e. The van der Waals surface area contributed by atoms with E-state index in [2.05, 4.69) is 241 Å². The molecule has 0 radical (unpaired) electrons. The molecule has 0 N–H and O–H groups in total. The topological polar surface area (TPSA) is 16.4 Å². The summed E-state index contributed by atoms with van der Waals surface area (Å²) < 4.78 is 6.48. The fourth-order valence-electron chi connectivity index (χ4n) is 10.3. The molecule has 13 rings (SSSR count). The number of rotatable bonds is 7. The van der Waals surface area contributed by atoms with Crippen LogP contribution in [0.4, 0.5) is 17.1 Å². The summed E-state index contributed by atoms with van der Waals surface area (Å²) in [5, 5.41) is 12.2. The van der Waals surface area contributed by atoms with Gasteiger partial charge in [-0.2, -0.15) is 0 Å². The maximum atomic E-state index is 6.48. The van der Waals surface area contributed by atoms with Crippen molar-refractivity contribution < 1.29 is 4.42 Å². The second-order valence-corrected chi connectivity index (χ2v) is 17.2. The maximum Gasteiger partial charge on any atom is 0.137 e. The molecule has 0 saturated heterocycles. The highest BCUT2D eigenvalue weighted by atomic mass is 16.3. The number of nitrogens with zero attached hydrogens (tertiary/aromatic N) is 1. The van der Waals surface area contributed by atoms with Crippen LogP contribution in [0.1, 0.15) is 0 Å². The molecular weight excluding hydrogens is 799 g/mol. The molecule has 0 amide bonds. The quantitative estimate of drug-likeness (QED) is 0.149. The van der Waals surface area contributed by atoms with Crippen LogP contribution in [-0.2, 0) is 0 Å². The van der Waals surface area contributed by atoms with Crippen molar-refractivity contribution in [1.82, 2.24) is 0 Å². The summed E-state index contributed by atoms with van der Waals surface area (Å²) in [5.41, 5.74) is 14.4. The Labute approximate surface area is 382 Å². The normalized spacial score (nSPS) is 11.6. The molecular formula is C64H41NO. The molecule has 2 nitrogen and oxygen atoms in total. The molecule has 0 fully saturated rings. The van der Waals surface area contributed by atoms with E-state index in [1.807, 2.05) is 12.1 Å². The van der Waals surface area contributed by atoms with Gasteiger partial charge in [0.1, 0.15) is 11.2 Å². The van der Waals surface area contributed by atoms with Crippen molar-refractivity contribution >= 4 is 82.1 Å². The maximum absolute atomic E-state index is 6.48. The first-order valence-corrected chi connectivity index (χ1v) is 22.7. The molecule has 0 aliphatic rings. The monoisotopic (exact) mass is 839 g/mol. The zero-order valence-electron chi connectivity index (χ0n) is 36.0. The van der Waals surface area contributed by atoms with Crippen LogP contribution in [0.3, 0.4) is 0 Å². The highest BCUT2D eigenvalue weighted by molar-refractivity contribution is 6.22.